The maximum Gasteiger partial charge on any atom is 0.0685 e. The van der Waals surface area contributed by atoms with Crippen LogP contribution in [0.3, 0.4) is 0 Å². The number of benzene rings is 1. The van der Waals surface area contributed by atoms with Crippen LogP contribution in [0.5, 0.6) is 0 Å². The van der Waals surface area contributed by atoms with Crippen LogP contribution in [0.1, 0.15) is 44.6 Å². The zero-order valence-corrected chi connectivity index (χ0v) is 16.5. The highest BCUT2D eigenvalue weighted by Gasteiger charge is 2.40. The van der Waals surface area contributed by atoms with Crippen LogP contribution in [0.25, 0.3) is 10.9 Å². The van der Waals surface area contributed by atoms with E-state index in [4.69, 9.17) is 4.74 Å². The normalized spacial score (nSPS) is 27.3. The van der Waals surface area contributed by atoms with Crippen LogP contribution in [0.15, 0.2) is 24.4 Å². The molecule has 2 saturated heterocycles. The summed E-state index contributed by atoms with van der Waals surface area (Å²) in [7, 11) is 1.83. The number of aryl methyl sites for hydroxylation is 1. The van der Waals surface area contributed by atoms with Gasteiger partial charge in [0.15, 0.2) is 0 Å². The second-order valence-corrected chi connectivity index (χ2v) is 8.69. The highest BCUT2D eigenvalue weighted by atomic mass is 16.5. The molecular weight excluding hydrogens is 322 g/mol. The van der Waals surface area contributed by atoms with E-state index in [-0.39, 0.29) is 0 Å². The highest BCUT2D eigenvalue weighted by Crippen LogP contribution is 2.40. The van der Waals surface area contributed by atoms with Gasteiger partial charge in [0.25, 0.3) is 0 Å². The number of methoxy groups -OCH3 is 1. The van der Waals surface area contributed by atoms with Crippen molar-refractivity contribution < 1.29 is 4.74 Å². The van der Waals surface area contributed by atoms with E-state index in [1.54, 1.807) is 0 Å². The molecule has 1 aromatic heterocycles. The van der Waals surface area contributed by atoms with E-state index in [0.29, 0.717) is 5.92 Å². The Morgan fingerprint density at radius 1 is 1.19 bits per heavy atom. The predicted molar refractivity (Wildman–Crippen MR) is 106 cm³/mol. The molecule has 1 aromatic carbocycles. The van der Waals surface area contributed by atoms with E-state index in [1.165, 1.54) is 55.1 Å². The molecule has 0 aliphatic carbocycles. The predicted octanol–water partition coefficient (Wildman–Crippen LogP) is 4.26. The second-order valence-electron chi connectivity index (χ2n) is 8.69. The summed E-state index contributed by atoms with van der Waals surface area (Å²) in [6.45, 7) is 7.69. The van der Waals surface area contributed by atoms with Crippen LogP contribution in [0.4, 0.5) is 0 Å². The van der Waals surface area contributed by atoms with Gasteiger partial charge in [-0.15, -0.1) is 0 Å². The van der Waals surface area contributed by atoms with Gasteiger partial charge in [0.1, 0.15) is 0 Å². The van der Waals surface area contributed by atoms with Gasteiger partial charge in [0.05, 0.1) is 11.7 Å². The molecule has 0 radical (unpaired) electrons. The Morgan fingerprint density at radius 3 is 2.69 bits per heavy atom. The minimum absolute atomic E-state index is 0.622. The maximum absolute atomic E-state index is 5.31. The van der Waals surface area contributed by atoms with Crippen molar-refractivity contribution in [1.29, 1.82) is 0 Å². The number of piperidine rings is 1. The quantitative estimate of drug-likeness (QED) is 0.743. The highest BCUT2D eigenvalue weighted by molar-refractivity contribution is 5.79. The van der Waals surface area contributed by atoms with E-state index < -0.39 is 0 Å². The van der Waals surface area contributed by atoms with Gasteiger partial charge in [0.2, 0.25) is 0 Å². The summed E-state index contributed by atoms with van der Waals surface area (Å²) in [4.78, 5) is 2.82. The van der Waals surface area contributed by atoms with Crippen molar-refractivity contribution in [3.05, 3.63) is 30.0 Å². The van der Waals surface area contributed by atoms with Crippen molar-refractivity contribution in [1.82, 2.24) is 14.7 Å². The molecule has 3 heterocycles. The Balaban J connectivity index is 1.38. The van der Waals surface area contributed by atoms with Crippen molar-refractivity contribution in [2.45, 2.75) is 64.6 Å². The Kier molecular flexibility index (Phi) is 5.32. The Labute approximate surface area is 157 Å². The van der Waals surface area contributed by atoms with Crippen LogP contribution in [-0.4, -0.2) is 47.0 Å². The van der Waals surface area contributed by atoms with Gasteiger partial charge in [-0.2, -0.15) is 5.10 Å². The van der Waals surface area contributed by atoms with E-state index >= 15 is 0 Å². The van der Waals surface area contributed by atoms with Crippen molar-refractivity contribution in [2.24, 2.45) is 11.8 Å². The fraction of sp³-hybridized carbons (Fsp3) is 0.682. The molecule has 2 aliphatic rings. The molecule has 0 spiro atoms. The first-order valence-corrected chi connectivity index (χ1v) is 10.3. The van der Waals surface area contributed by atoms with Crippen LogP contribution >= 0.6 is 0 Å². The summed E-state index contributed by atoms with van der Waals surface area (Å²) >= 11 is 0. The molecule has 2 aliphatic heterocycles. The van der Waals surface area contributed by atoms with E-state index in [2.05, 4.69) is 46.7 Å². The largest absolute Gasteiger partial charge is 0.385 e. The summed E-state index contributed by atoms with van der Waals surface area (Å²) in [6.07, 6.45) is 8.78. The molecule has 0 saturated carbocycles. The zero-order valence-electron chi connectivity index (χ0n) is 16.5. The number of hydrogen-bond donors (Lipinski definition) is 0. The molecule has 26 heavy (non-hydrogen) atoms. The molecule has 1 unspecified atom stereocenters. The van der Waals surface area contributed by atoms with Crippen LogP contribution in [0.2, 0.25) is 0 Å². The van der Waals surface area contributed by atoms with Crippen molar-refractivity contribution in [3.63, 3.8) is 0 Å². The summed E-state index contributed by atoms with van der Waals surface area (Å²) in [5.41, 5.74) is 2.58. The van der Waals surface area contributed by atoms with Gasteiger partial charge < -0.3 is 4.74 Å². The lowest BCUT2D eigenvalue weighted by atomic mass is 9.88. The summed E-state index contributed by atoms with van der Waals surface area (Å²) < 4.78 is 7.51. The third-order valence-corrected chi connectivity index (χ3v) is 6.52. The van der Waals surface area contributed by atoms with E-state index in [0.717, 1.165) is 31.2 Å². The lowest BCUT2D eigenvalue weighted by Crippen LogP contribution is -2.45. The molecule has 2 fully saturated rings. The Morgan fingerprint density at radius 2 is 1.96 bits per heavy atom. The molecule has 142 valence electrons. The number of aromatic nitrogens is 2. The molecule has 0 N–H and O–H groups in total. The smallest absolute Gasteiger partial charge is 0.0685 e. The van der Waals surface area contributed by atoms with Crippen LogP contribution in [0, 0.1) is 18.8 Å². The number of fused-ring (bicyclic) bond motifs is 3. The third-order valence-electron chi connectivity index (χ3n) is 6.52. The molecule has 0 amide bonds. The maximum atomic E-state index is 5.31. The van der Waals surface area contributed by atoms with Crippen LogP contribution < -0.4 is 0 Å². The lowest BCUT2D eigenvalue weighted by molar-refractivity contribution is 0.0700. The van der Waals surface area contributed by atoms with Gasteiger partial charge in [0, 0.05) is 44.3 Å². The average molecular weight is 356 g/mol. The number of rotatable bonds is 7. The minimum Gasteiger partial charge on any atom is -0.385 e. The third kappa shape index (κ3) is 3.67. The zero-order chi connectivity index (χ0) is 18.1. The Hall–Kier alpha value is -1.39. The number of ether oxygens (including phenoxy) is 1. The molecule has 4 heteroatoms. The van der Waals surface area contributed by atoms with Gasteiger partial charge in [-0.05, 0) is 62.5 Å². The average Bonchev–Trinajstić information content (AvgIpc) is 3.10. The summed E-state index contributed by atoms with van der Waals surface area (Å²) in [5, 5.41) is 5.90. The number of hydrogen-bond acceptors (Lipinski definition) is 3. The summed E-state index contributed by atoms with van der Waals surface area (Å²) in [6, 6.07) is 8.22. The standard InChI is InChI=1S/C22H33N3O/c1-16-4-5-19-13-23-25(22(19)10-16)15-17(2)14-24-20-6-7-21(24)12-18(11-20)8-9-26-3/h4-5,10,13,17-18,20-21H,6-9,11-12,14-15H2,1-3H3/t17-,18?,20-,21+/m1/s1. The first-order valence-electron chi connectivity index (χ1n) is 10.3. The second kappa shape index (κ2) is 7.69. The molecule has 4 nitrogen and oxygen atoms in total. The summed E-state index contributed by atoms with van der Waals surface area (Å²) in [5.74, 6) is 1.49. The molecule has 4 atom stereocenters. The van der Waals surface area contributed by atoms with Crippen molar-refractivity contribution >= 4 is 10.9 Å². The monoisotopic (exact) mass is 355 g/mol. The fourth-order valence-electron chi connectivity index (χ4n) is 5.24. The minimum atomic E-state index is 0.622. The number of nitrogens with zero attached hydrogens (tertiary/aromatic N) is 3. The fourth-order valence-corrected chi connectivity index (χ4v) is 5.24. The molecule has 2 aromatic rings. The Bertz CT molecular complexity index is 726. The molecule has 4 rings (SSSR count). The lowest BCUT2D eigenvalue weighted by Gasteiger charge is -2.40. The topological polar surface area (TPSA) is 30.3 Å². The van der Waals surface area contributed by atoms with Crippen molar-refractivity contribution in [3.8, 4) is 0 Å². The first-order chi connectivity index (χ1) is 12.6. The van der Waals surface area contributed by atoms with Gasteiger partial charge in [-0.25, -0.2) is 0 Å². The van der Waals surface area contributed by atoms with E-state index in [9.17, 15) is 0 Å². The SMILES string of the molecule is COCCC1C[C@H]2CC[C@@H](C1)N2C[C@@H](C)Cn1ncc2ccc(C)cc21. The van der Waals surface area contributed by atoms with Gasteiger partial charge in [-0.1, -0.05) is 19.1 Å². The van der Waals surface area contributed by atoms with Crippen molar-refractivity contribution in [2.75, 3.05) is 20.3 Å². The van der Waals surface area contributed by atoms with Crippen LogP contribution in [-0.2, 0) is 11.3 Å². The first kappa shape index (κ1) is 18.0. The van der Waals surface area contributed by atoms with Gasteiger partial charge >= 0.3 is 0 Å². The molecular formula is C22H33N3O. The van der Waals surface area contributed by atoms with E-state index in [1.807, 2.05) is 13.3 Å². The van der Waals surface area contributed by atoms with Gasteiger partial charge in [-0.3, -0.25) is 9.58 Å². The molecule has 2 bridgehead atoms.